The van der Waals surface area contributed by atoms with Crippen molar-refractivity contribution < 1.29 is 29.3 Å². The van der Waals surface area contributed by atoms with Crippen molar-refractivity contribution in [2.75, 3.05) is 0 Å². The van der Waals surface area contributed by atoms with Gasteiger partial charge in [0.1, 0.15) is 5.75 Å². The average Bonchev–Trinajstić information content (AvgIpc) is 2.60. The number of rotatable bonds is 4. The summed E-state index contributed by atoms with van der Waals surface area (Å²) in [5.41, 5.74) is -0.0547. The molecule has 0 unspecified atom stereocenters. The number of fused-ring (bicyclic) bond motifs is 1. The summed E-state index contributed by atoms with van der Waals surface area (Å²) in [5, 5.41) is 19.1. The van der Waals surface area contributed by atoms with Gasteiger partial charge in [0.15, 0.2) is 0 Å². The number of hydrogen-bond donors (Lipinski definition) is 2. The lowest BCUT2D eigenvalue weighted by Gasteiger charge is -2.10. The summed E-state index contributed by atoms with van der Waals surface area (Å²) in [6.07, 6.45) is 0. The van der Waals surface area contributed by atoms with E-state index in [1.165, 1.54) is 18.2 Å². The van der Waals surface area contributed by atoms with E-state index in [2.05, 4.69) is 0 Å². The summed E-state index contributed by atoms with van der Waals surface area (Å²) < 4.78 is 5.25. The van der Waals surface area contributed by atoms with Crippen molar-refractivity contribution in [1.82, 2.24) is 0 Å². The van der Waals surface area contributed by atoms with E-state index in [0.717, 1.165) is 6.07 Å². The number of carboxylic acid groups (broad SMARTS) is 2. The minimum absolute atomic E-state index is 0.0290. The number of carbonyl (C=O) groups excluding carboxylic acids is 1. The number of esters is 1. The minimum atomic E-state index is -1.31. The van der Waals surface area contributed by atoms with Crippen molar-refractivity contribution >= 4 is 28.7 Å². The van der Waals surface area contributed by atoms with Crippen LogP contribution in [0.3, 0.4) is 0 Å². The Kier molecular flexibility index (Phi) is 4.18. The Bertz CT molecular complexity index is 991. The van der Waals surface area contributed by atoms with Gasteiger partial charge in [0.05, 0.1) is 16.7 Å². The second kappa shape index (κ2) is 6.45. The molecule has 0 saturated carbocycles. The first-order valence-electron chi connectivity index (χ1n) is 7.28. The maximum Gasteiger partial charge on any atom is 0.343 e. The van der Waals surface area contributed by atoms with Crippen LogP contribution in [-0.2, 0) is 0 Å². The molecule has 0 saturated heterocycles. The Balaban J connectivity index is 2.11. The molecule has 0 amide bonds. The molecule has 0 atom stereocenters. The lowest BCUT2D eigenvalue weighted by Crippen LogP contribution is -2.10. The van der Waals surface area contributed by atoms with Crippen LogP contribution in [0.5, 0.6) is 5.75 Å². The Morgan fingerprint density at radius 3 is 2.08 bits per heavy atom. The van der Waals surface area contributed by atoms with E-state index >= 15 is 0 Å². The molecular formula is C19H12O6. The van der Waals surface area contributed by atoms with Gasteiger partial charge in [-0.2, -0.15) is 0 Å². The van der Waals surface area contributed by atoms with Crippen molar-refractivity contribution in [2.24, 2.45) is 0 Å². The molecule has 0 aromatic heterocycles. The highest BCUT2D eigenvalue weighted by molar-refractivity contribution is 6.13. The Morgan fingerprint density at radius 2 is 1.44 bits per heavy atom. The van der Waals surface area contributed by atoms with E-state index in [4.69, 9.17) is 4.74 Å². The van der Waals surface area contributed by atoms with E-state index in [0.29, 0.717) is 10.9 Å². The number of aromatic carboxylic acids is 2. The first-order valence-corrected chi connectivity index (χ1v) is 7.28. The van der Waals surface area contributed by atoms with Crippen LogP contribution in [0, 0.1) is 0 Å². The molecule has 6 heteroatoms. The predicted molar refractivity (Wildman–Crippen MR) is 89.3 cm³/mol. The van der Waals surface area contributed by atoms with E-state index in [1.54, 1.807) is 36.4 Å². The van der Waals surface area contributed by atoms with Crippen molar-refractivity contribution in [3.05, 3.63) is 77.4 Å². The first kappa shape index (κ1) is 16.2. The first-order chi connectivity index (χ1) is 12.0. The fraction of sp³-hybridized carbons (Fsp3) is 0. The van der Waals surface area contributed by atoms with Gasteiger partial charge in [-0.05, 0) is 35.7 Å². The zero-order valence-electron chi connectivity index (χ0n) is 12.8. The van der Waals surface area contributed by atoms with E-state index < -0.39 is 17.9 Å². The minimum Gasteiger partial charge on any atom is -0.478 e. The third-order valence-corrected chi connectivity index (χ3v) is 3.63. The topological polar surface area (TPSA) is 101 Å². The second-order valence-corrected chi connectivity index (χ2v) is 5.24. The molecule has 0 aliphatic heterocycles. The van der Waals surface area contributed by atoms with Crippen molar-refractivity contribution in [1.29, 1.82) is 0 Å². The molecule has 2 N–H and O–H groups in total. The molecule has 0 bridgehead atoms. The molecule has 3 aromatic rings. The quantitative estimate of drug-likeness (QED) is 0.559. The zero-order chi connectivity index (χ0) is 18.0. The van der Waals surface area contributed by atoms with Crippen molar-refractivity contribution in [3.63, 3.8) is 0 Å². The highest BCUT2D eigenvalue weighted by Gasteiger charge is 2.19. The Morgan fingerprint density at radius 1 is 0.760 bits per heavy atom. The Hall–Kier alpha value is -3.67. The van der Waals surface area contributed by atoms with Crippen LogP contribution < -0.4 is 4.74 Å². The summed E-state index contributed by atoms with van der Waals surface area (Å²) in [4.78, 5) is 35.1. The van der Waals surface area contributed by atoms with Crippen LogP contribution in [-0.4, -0.2) is 28.1 Å². The molecule has 0 radical (unpaired) electrons. The molecule has 6 nitrogen and oxygen atoms in total. The van der Waals surface area contributed by atoms with Gasteiger partial charge in [0.25, 0.3) is 0 Å². The van der Waals surface area contributed by atoms with E-state index in [9.17, 15) is 24.6 Å². The summed E-state index contributed by atoms with van der Waals surface area (Å²) in [7, 11) is 0. The summed E-state index contributed by atoms with van der Waals surface area (Å²) in [6.45, 7) is 0. The third kappa shape index (κ3) is 3.18. The van der Waals surface area contributed by atoms with E-state index in [-0.39, 0.29) is 22.3 Å². The number of benzene rings is 3. The molecule has 3 rings (SSSR count). The summed E-state index contributed by atoms with van der Waals surface area (Å²) in [5.74, 6) is -3.15. The largest absolute Gasteiger partial charge is 0.478 e. The van der Waals surface area contributed by atoms with Crippen LogP contribution in [0.25, 0.3) is 10.8 Å². The van der Waals surface area contributed by atoms with Gasteiger partial charge in [-0.3, -0.25) is 0 Å². The van der Waals surface area contributed by atoms with Crippen LogP contribution >= 0.6 is 0 Å². The van der Waals surface area contributed by atoms with Gasteiger partial charge in [-0.1, -0.05) is 30.3 Å². The highest BCUT2D eigenvalue weighted by Crippen LogP contribution is 2.29. The monoisotopic (exact) mass is 336 g/mol. The maximum atomic E-state index is 12.1. The van der Waals surface area contributed by atoms with Gasteiger partial charge in [0, 0.05) is 5.39 Å². The normalized spacial score (nSPS) is 10.4. The Labute approximate surface area is 141 Å². The standard InChI is InChI=1S/C19H12O6/c20-17(21)14-8-4-7-12-9-13(10-15(16(12)14)18(22)23)25-19(24)11-5-2-1-3-6-11/h1-10H,(H,20,21)(H,22,23). The molecule has 0 fully saturated rings. The number of hydrogen-bond acceptors (Lipinski definition) is 4. The maximum absolute atomic E-state index is 12.1. The van der Waals surface area contributed by atoms with Crippen molar-refractivity contribution in [2.45, 2.75) is 0 Å². The lowest BCUT2D eigenvalue weighted by atomic mass is 9.98. The van der Waals surface area contributed by atoms with Crippen LogP contribution in [0.1, 0.15) is 31.1 Å². The predicted octanol–water partition coefficient (Wildman–Crippen LogP) is 3.46. The van der Waals surface area contributed by atoms with Gasteiger partial charge >= 0.3 is 17.9 Å². The fourth-order valence-electron chi connectivity index (χ4n) is 2.55. The fourth-order valence-corrected chi connectivity index (χ4v) is 2.55. The number of carbonyl (C=O) groups is 3. The molecule has 25 heavy (non-hydrogen) atoms. The molecule has 124 valence electrons. The smallest absolute Gasteiger partial charge is 0.343 e. The molecule has 0 aliphatic carbocycles. The SMILES string of the molecule is O=C(Oc1cc(C(=O)O)c2c(C(=O)O)cccc2c1)c1ccccc1. The van der Waals surface area contributed by atoms with Crippen LogP contribution in [0.2, 0.25) is 0 Å². The number of carboxylic acids is 2. The van der Waals surface area contributed by atoms with Crippen LogP contribution in [0.4, 0.5) is 0 Å². The van der Waals surface area contributed by atoms with Gasteiger partial charge in [0.2, 0.25) is 0 Å². The lowest BCUT2D eigenvalue weighted by molar-refractivity contribution is 0.0689. The summed E-state index contributed by atoms with van der Waals surface area (Å²) >= 11 is 0. The zero-order valence-corrected chi connectivity index (χ0v) is 12.8. The summed E-state index contributed by atoms with van der Waals surface area (Å²) in [6, 6.07) is 15.2. The molecule has 0 spiro atoms. The molecular weight excluding hydrogens is 324 g/mol. The van der Waals surface area contributed by atoms with Crippen LogP contribution in [0.15, 0.2) is 60.7 Å². The van der Waals surface area contributed by atoms with Gasteiger partial charge < -0.3 is 14.9 Å². The van der Waals surface area contributed by atoms with Gasteiger partial charge in [-0.15, -0.1) is 0 Å². The average molecular weight is 336 g/mol. The van der Waals surface area contributed by atoms with E-state index in [1.807, 2.05) is 0 Å². The number of ether oxygens (including phenoxy) is 1. The molecule has 0 heterocycles. The van der Waals surface area contributed by atoms with Gasteiger partial charge in [-0.25, -0.2) is 14.4 Å². The molecule has 0 aliphatic rings. The molecule has 3 aromatic carbocycles. The van der Waals surface area contributed by atoms with Crippen molar-refractivity contribution in [3.8, 4) is 5.75 Å². The third-order valence-electron chi connectivity index (χ3n) is 3.63. The highest BCUT2D eigenvalue weighted by atomic mass is 16.5. The second-order valence-electron chi connectivity index (χ2n) is 5.24.